The molecule has 0 spiro atoms. The minimum absolute atomic E-state index is 0.0381. The summed E-state index contributed by atoms with van der Waals surface area (Å²) in [6.45, 7) is 5.57. The molecule has 6 nitrogen and oxygen atoms in total. The van der Waals surface area contributed by atoms with Crippen molar-refractivity contribution in [2.24, 2.45) is 0 Å². The molecule has 0 saturated heterocycles. The lowest BCUT2D eigenvalue weighted by Gasteiger charge is -2.13. The van der Waals surface area contributed by atoms with Crippen molar-refractivity contribution < 1.29 is 9.72 Å². The second-order valence-corrected chi connectivity index (χ2v) is 4.17. The van der Waals surface area contributed by atoms with E-state index in [-0.39, 0.29) is 17.6 Å². The van der Waals surface area contributed by atoms with E-state index < -0.39 is 4.92 Å². The number of carbonyl (C=O) groups is 1. The largest absolute Gasteiger partial charge is 0.287 e. The predicted molar refractivity (Wildman–Crippen MR) is 72.6 cm³/mol. The lowest BCUT2D eigenvalue weighted by atomic mass is 10.2. The standard InChI is InChI=1S/C13H17N3O3/c1-3-4-5-10(2)14-15-13(17)11-6-8-12(9-7-11)16(18)19/h3,6-10,14H,1,4-5H2,2H3,(H,15,17). The summed E-state index contributed by atoms with van der Waals surface area (Å²) in [6, 6.07) is 5.57. The fourth-order valence-corrected chi connectivity index (χ4v) is 1.44. The lowest BCUT2D eigenvalue weighted by Crippen LogP contribution is -2.42. The molecule has 1 aromatic carbocycles. The van der Waals surface area contributed by atoms with Crippen molar-refractivity contribution in [2.45, 2.75) is 25.8 Å². The smallest absolute Gasteiger partial charge is 0.269 e. The Kier molecular flexibility index (Phi) is 5.69. The van der Waals surface area contributed by atoms with Crippen molar-refractivity contribution in [2.75, 3.05) is 0 Å². The number of carbonyl (C=O) groups excluding carboxylic acids is 1. The maximum absolute atomic E-state index is 11.7. The van der Waals surface area contributed by atoms with Gasteiger partial charge in [-0.1, -0.05) is 6.08 Å². The summed E-state index contributed by atoms with van der Waals surface area (Å²) in [5.74, 6) is -0.319. The number of allylic oxidation sites excluding steroid dienone is 1. The molecule has 19 heavy (non-hydrogen) atoms. The third kappa shape index (κ3) is 4.89. The highest BCUT2D eigenvalue weighted by Gasteiger charge is 2.09. The molecule has 0 radical (unpaired) electrons. The molecule has 0 aromatic heterocycles. The van der Waals surface area contributed by atoms with E-state index in [0.29, 0.717) is 5.56 Å². The molecule has 1 amide bonds. The van der Waals surface area contributed by atoms with Gasteiger partial charge in [-0.15, -0.1) is 6.58 Å². The van der Waals surface area contributed by atoms with Crippen molar-refractivity contribution in [3.63, 3.8) is 0 Å². The Morgan fingerprint density at radius 2 is 2.11 bits per heavy atom. The first-order chi connectivity index (χ1) is 9.04. The Morgan fingerprint density at radius 1 is 1.47 bits per heavy atom. The molecular weight excluding hydrogens is 246 g/mol. The highest BCUT2D eigenvalue weighted by Crippen LogP contribution is 2.11. The van der Waals surface area contributed by atoms with Crippen molar-refractivity contribution in [1.82, 2.24) is 10.9 Å². The number of hydrogen-bond acceptors (Lipinski definition) is 4. The van der Waals surface area contributed by atoms with E-state index in [1.807, 2.05) is 13.0 Å². The van der Waals surface area contributed by atoms with Crippen molar-refractivity contribution in [3.8, 4) is 0 Å². The normalized spacial score (nSPS) is 11.6. The number of nitrogens with one attached hydrogen (secondary N) is 2. The quantitative estimate of drug-likeness (QED) is 0.448. The summed E-state index contributed by atoms with van der Waals surface area (Å²) in [4.78, 5) is 21.7. The number of hydrogen-bond donors (Lipinski definition) is 2. The van der Waals surface area contributed by atoms with E-state index in [1.165, 1.54) is 24.3 Å². The molecule has 1 atom stereocenters. The first kappa shape index (κ1) is 14.8. The Morgan fingerprint density at radius 3 is 2.63 bits per heavy atom. The zero-order valence-electron chi connectivity index (χ0n) is 10.8. The van der Waals surface area contributed by atoms with Crippen molar-refractivity contribution in [3.05, 3.63) is 52.6 Å². The van der Waals surface area contributed by atoms with Crippen LogP contribution in [-0.2, 0) is 0 Å². The van der Waals surface area contributed by atoms with Gasteiger partial charge in [0.25, 0.3) is 11.6 Å². The Labute approximate surface area is 111 Å². The van der Waals surface area contributed by atoms with E-state index in [0.717, 1.165) is 12.8 Å². The summed E-state index contributed by atoms with van der Waals surface area (Å²) in [5, 5.41) is 10.5. The topological polar surface area (TPSA) is 84.3 Å². The van der Waals surface area contributed by atoms with Gasteiger partial charge in [-0.05, 0) is 31.9 Å². The first-order valence-electron chi connectivity index (χ1n) is 5.96. The third-order valence-electron chi connectivity index (χ3n) is 2.58. The van der Waals surface area contributed by atoms with Gasteiger partial charge >= 0.3 is 0 Å². The van der Waals surface area contributed by atoms with Crippen molar-refractivity contribution in [1.29, 1.82) is 0 Å². The Bertz CT molecular complexity index is 457. The maximum Gasteiger partial charge on any atom is 0.269 e. The van der Waals surface area contributed by atoms with Crippen LogP contribution in [-0.4, -0.2) is 16.9 Å². The molecule has 0 fully saturated rings. The number of nitro groups is 1. The van der Waals surface area contributed by atoms with Crippen molar-refractivity contribution >= 4 is 11.6 Å². The average molecular weight is 263 g/mol. The van der Waals surface area contributed by atoms with Gasteiger partial charge in [0.05, 0.1) is 4.92 Å². The van der Waals surface area contributed by atoms with Crippen LogP contribution >= 0.6 is 0 Å². The molecule has 6 heteroatoms. The lowest BCUT2D eigenvalue weighted by molar-refractivity contribution is -0.384. The molecule has 102 valence electrons. The van der Waals surface area contributed by atoms with Gasteiger partial charge in [-0.3, -0.25) is 20.3 Å². The van der Waals surface area contributed by atoms with Crippen LogP contribution in [0.15, 0.2) is 36.9 Å². The Hall–Kier alpha value is -2.21. The van der Waals surface area contributed by atoms with E-state index in [1.54, 1.807) is 0 Å². The predicted octanol–water partition coefficient (Wildman–Crippen LogP) is 2.18. The molecule has 2 N–H and O–H groups in total. The van der Waals surface area contributed by atoms with Gasteiger partial charge < -0.3 is 0 Å². The van der Waals surface area contributed by atoms with Crippen LogP contribution in [0.2, 0.25) is 0 Å². The molecule has 1 rings (SSSR count). The number of rotatable bonds is 7. The van der Waals surface area contributed by atoms with Gasteiger partial charge in [0.2, 0.25) is 0 Å². The van der Waals surface area contributed by atoms with Gasteiger partial charge in [0.15, 0.2) is 0 Å². The zero-order chi connectivity index (χ0) is 14.3. The number of non-ortho nitro benzene ring substituents is 1. The average Bonchev–Trinajstić information content (AvgIpc) is 2.42. The first-order valence-corrected chi connectivity index (χ1v) is 5.96. The molecule has 0 heterocycles. The highest BCUT2D eigenvalue weighted by atomic mass is 16.6. The molecule has 0 saturated carbocycles. The second-order valence-electron chi connectivity index (χ2n) is 4.17. The van der Waals surface area contributed by atoms with Crippen LogP contribution in [0.1, 0.15) is 30.1 Å². The maximum atomic E-state index is 11.7. The van der Waals surface area contributed by atoms with Crippen LogP contribution in [0.25, 0.3) is 0 Å². The fourth-order valence-electron chi connectivity index (χ4n) is 1.44. The SMILES string of the molecule is C=CCCC(C)NNC(=O)c1ccc([N+](=O)[O-])cc1. The third-order valence-corrected chi connectivity index (χ3v) is 2.58. The minimum Gasteiger partial charge on any atom is -0.287 e. The molecule has 0 aliphatic rings. The minimum atomic E-state index is -0.503. The van der Waals surface area contributed by atoms with E-state index in [9.17, 15) is 14.9 Å². The number of nitrogens with zero attached hydrogens (tertiary/aromatic N) is 1. The van der Waals surface area contributed by atoms with E-state index in [4.69, 9.17) is 0 Å². The van der Waals surface area contributed by atoms with Crippen LogP contribution in [0.4, 0.5) is 5.69 Å². The van der Waals surface area contributed by atoms with Gasteiger partial charge in [0, 0.05) is 23.7 Å². The molecule has 0 bridgehead atoms. The summed E-state index contributed by atoms with van der Waals surface area (Å²) < 4.78 is 0. The summed E-state index contributed by atoms with van der Waals surface area (Å²) in [6.07, 6.45) is 3.54. The van der Waals surface area contributed by atoms with E-state index >= 15 is 0 Å². The van der Waals surface area contributed by atoms with Gasteiger partial charge in [-0.25, -0.2) is 5.43 Å². The summed E-state index contributed by atoms with van der Waals surface area (Å²) in [7, 11) is 0. The molecule has 0 aliphatic heterocycles. The van der Waals surface area contributed by atoms with Gasteiger partial charge in [-0.2, -0.15) is 0 Å². The number of nitro benzene ring substituents is 1. The monoisotopic (exact) mass is 263 g/mol. The van der Waals surface area contributed by atoms with Gasteiger partial charge in [0.1, 0.15) is 0 Å². The summed E-state index contributed by atoms with van der Waals surface area (Å²) >= 11 is 0. The van der Waals surface area contributed by atoms with E-state index in [2.05, 4.69) is 17.4 Å². The van der Waals surface area contributed by atoms with Crippen LogP contribution in [0.5, 0.6) is 0 Å². The number of benzene rings is 1. The highest BCUT2D eigenvalue weighted by molar-refractivity contribution is 5.94. The second kappa shape index (κ2) is 7.27. The summed E-state index contributed by atoms with van der Waals surface area (Å²) in [5.41, 5.74) is 5.77. The zero-order valence-corrected chi connectivity index (χ0v) is 10.8. The van der Waals surface area contributed by atoms with Crippen LogP contribution in [0.3, 0.4) is 0 Å². The number of amides is 1. The van der Waals surface area contributed by atoms with Crippen LogP contribution in [0, 0.1) is 10.1 Å². The van der Waals surface area contributed by atoms with Crippen LogP contribution < -0.4 is 10.9 Å². The Balaban J connectivity index is 2.49. The molecule has 1 aromatic rings. The fraction of sp³-hybridized carbons (Fsp3) is 0.308. The number of hydrazine groups is 1. The molecule has 0 aliphatic carbocycles. The molecular formula is C13H17N3O3. The molecule has 1 unspecified atom stereocenters.